The molecule has 0 aliphatic carbocycles. The van der Waals surface area contributed by atoms with Gasteiger partial charge in [0.1, 0.15) is 5.75 Å². The molecule has 108 valence electrons. The molecule has 1 unspecified atom stereocenters. The van der Waals surface area contributed by atoms with Crippen molar-refractivity contribution in [1.82, 2.24) is 0 Å². The fraction of sp³-hybridized carbons (Fsp3) is 0.571. The molecule has 0 radical (unpaired) electrons. The zero-order valence-corrected chi connectivity index (χ0v) is 11.6. The van der Waals surface area contributed by atoms with Gasteiger partial charge >= 0.3 is 6.18 Å². The van der Waals surface area contributed by atoms with Gasteiger partial charge in [0.05, 0.1) is 6.61 Å². The van der Waals surface area contributed by atoms with Crippen LogP contribution in [0.2, 0.25) is 0 Å². The van der Waals surface area contributed by atoms with Crippen LogP contribution in [0.25, 0.3) is 0 Å². The second-order valence-corrected chi connectivity index (χ2v) is 4.58. The minimum atomic E-state index is -4.70. The van der Waals surface area contributed by atoms with Crippen LogP contribution < -0.4 is 4.74 Å². The topological polar surface area (TPSA) is 29.5 Å². The van der Waals surface area contributed by atoms with Crippen molar-refractivity contribution in [2.75, 3.05) is 6.61 Å². The van der Waals surface area contributed by atoms with E-state index in [9.17, 15) is 18.3 Å². The van der Waals surface area contributed by atoms with Crippen molar-refractivity contribution in [2.45, 2.75) is 45.9 Å². The lowest BCUT2D eigenvalue weighted by atomic mass is 9.84. The van der Waals surface area contributed by atoms with Crippen molar-refractivity contribution >= 4 is 0 Å². The second-order valence-electron chi connectivity index (χ2n) is 4.58. The minimum Gasteiger partial charge on any atom is -0.494 e. The molecule has 1 aromatic carbocycles. The Balaban J connectivity index is 3.42. The van der Waals surface area contributed by atoms with Crippen LogP contribution in [-0.2, 0) is 5.60 Å². The fourth-order valence-electron chi connectivity index (χ4n) is 2.35. The van der Waals surface area contributed by atoms with Crippen molar-refractivity contribution in [2.24, 2.45) is 0 Å². The Hall–Kier alpha value is -1.23. The summed E-state index contributed by atoms with van der Waals surface area (Å²) in [7, 11) is 0. The van der Waals surface area contributed by atoms with E-state index in [4.69, 9.17) is 4.74 Å². The quantitative estimate of drug-likeness (QED) is 0.904. The van der Waals surface area contributed by atoms with Crippen LogP contribution in [0.5, 0.6) is 5.75 Å². The summed E-state index contributed by atoms with van der Waals surface area (Å²) in [6.45, 7) is 6.67. The van der Waals surface area contributed by atoms with Crippen molar-refractivity contribution < 1.29 is 23.0 Å². The van der Waals surface area contributed by atoms with E-state index in [-0.39, 0.29) is 5.56 Å². The standard InChI is InChI=1S/C14H19F3O2/c1-5-13(18,14(15,16)17)12-9(3)7-11(19-6-2)8-10(12)4/h7-8,18H,5-6H2,1-4H3. The predicted molar refractivity (Wildman–Crippen MR) is 67.3 cm³/mol. The summed E-state index contributed by atoms with van der Waals surface area (Å²) in [4.78, 5) is 0. The van der Waals surface area contributed by atoms with Gasteiger partial charge in [-0.25, -0.2) is 0 Å². The SMILES string of the molecule is CCOc1cc(C)c(C(O)(CC)C(F)(F)F)c(C)c1. The highest BCUT2D eigenvalue weighted by molar-refractivity contribution is 5.45. The fourth-order valence-corrected chi connectivity index (χ4v) is 2.35. The van der Waals surface area contributed by atoms with Gasteiger partial charge in [-0.3, -0.25) is 0 Å². The van der Waals surface area contributed by atoms with Crippen molar-refractivity contribution in [1.29, 1.82) is 0 Å². The lowest BCUT2D eigenvalue weighted by molar-refractivity contribution is -0.268. The first-order valence-corrected chi connectivity index (χ1v) is 6.21. The summed E-state index contributed by atoms with van der Waals surface area (Å²) >= 11 is 0. The van der Waals surface area contributed by atoms with Gasteiger partial charge < -0.3 is 9.84 Å². The Labute approximate surface area is 111 Å². The number of hydrogen-bond donors (Lipinski definition) is 1. The highest BCUT2D eigenvalue weighted by Crippen LogP contribution is 2.44. The molecule has 0 amide bonds. The summed E-state index contributed by atoms with van der Waals surface area (Å²) < 4.78 is 44.6. The lowest BCUT2D eigenvalue weighted by Crippen LogP contribution is -2.42. The number of benzene rings is 1. The zero-order valence-electron chi connectivity index (χ0n) is 11.6. The number of ether oxygens (including phenoxy) is 1. The summed E-state index contributed by atoms with van der Waals surface area (Å²) in [5.74, 6) is 0.516. The van der Waals surface area contributed by atoms with Crippen molar-refractivity contribution in [3.05, 3.63) is 28.8 Å². The van der Waals surface area contributed by atoms with Gasteiger partial charge in [-0.1, -0.05) is 6.92 Å². The maximum absolute atomic E-state index is 13.1. The molecule has 0 aromatic heterocycles. The van der Waals surface area contributed by atoms with E-state index in [2.05, 4.69) is 0 Å². The van der Waals surface area contributed by atoms with Gasteiger partial charge in [0.2, 0.25) is 0 Å². The average molecular weight is 276 g/mol. The number of aliphatic hydroxyl groups is 1. The molecule has 1 aromatic rings. The molecular weight excluding hydrogens is 257 g/mol. The molecule has 19 heavy (non-hydrogen) atoms. The van der Waals surface area contributed by atoms with E-state index in [0.29, 0.717) is 23.5 Å². The number of rotatable bonds is 4. The third-order valence-electron chi connectivity index (χ3n) is 3.21. The van der Waals surface area contributed by atoms with Crippen LogP contribution in [0, 0.1) is 13.8 Å². The van der Waals surface area contributed by atoms with Gasteiger partial charge in [0.15, 0.2) is 5.60 Å². The van der Waals surface area contributed by atoms with E-state index in [1.165, 1.54) is 19.1 Å². The molecule has 5 heteroatoms. The number of halogens is 3. The van der Waals surface area contributed by atoms with E-state index >= 15 is 0 Å². The Morgan fingerprint density at radius 3 is 1.89 bits per heavy atom. The van der Waals surface area contributed by atoms with Crippen LogP contribution in [0.1, 0.15) is 37.0 Å². The van der Waals surface area contributed by atoms with Gasteiger partial charge in [0.25, 0.3) is 0 Å². The molecule has 1 atom stereocenters. The Kier molecular flexibility index (Phi) is 4.50. The highest BCUT2D eigenvalue weighted by Gasteiger charge is 2.54. The van der Waals surface area contributed by atoms with Gasteiger partial charge in [-0.2, -0.15) is 13.2 Å². The molecule has 0 heterocycles. The van der Waals surface area contributed by atoms with Crippen molar-refractivity contribution in [3.63, 3.8) is 0 Å². The number of alkyl halides is 3. The Morgan fingerprint density at radius 1 is 1.11 bits per heavy atom. The van der Waals surface area contributed by atoms with E-state index in [1.807, 2.05) is 0 Å². The molecule has 0 saturated carbocycles. The van der Waals surface area contributed by atoms with Crippen LogP contribution in [0.3, 0.4) is 0 Å². The molecule has 0 bridgehead atoms. The maximum Gasteiger partial charge on any atom is 0.421 e. The summed E-state index contributed by atoms with van der Waals surface area (Å²) in [6, 6.07) is 3.05. The third-order valence-corrected chi connectivity index (χ3v) is 3.21. The second kappa shape index (κ2) is 5.41. The maximum atomic E-state index is 13.1. The first-order chi connectivity index (χ1) is 8.67. The van der Waals surface area contributed by atoms with Gasteiger partial charge in [-0.05, 0) is 56.0 Å². The van der Waals surface area contributed by atoms with E-state index in [0.717, 1.165) is 0 Å². The zero-order chi connectivity index (χ0) is 14.8. The van der Waals surface area contributed by atoms with Crippen LogP contribution in [0.4, 0.5) is 13.2 Å². The highest BCUT2D eigenvalue weighted by atomic mass is 19.4. The molecule has 2 nitrogen and oxygen atoms in total. The lowest BCUT2D eigenvalue weighted by Gasteiger charge is -2.32. The molecule has 0 aliphatic rings. The minimum absolute atomic E-state index is 0.0778. The Morgan fingerprint density at radius 2 is 1.58 bits per heavy atom. The van der Waals surface area contributed by atoms with Crippen LogP contribution in [0.15, 0.2) is 12.1 Å². The van der Waals surface area contributed by atoms with Crippen LogP contribution >= 0.6 is 0 Å². The summed E-state index contributed by atoms with van der Waals surface area (Å²) in [6.07, 6.45) is -5.13. The van der Waals surface area contributed by atoms with Gasteiger partial charge in [-0.15, -0.1) is 0 Å². The summed E-state index contributed by atoms with van der Waals surface area (Å²) in [5.41, 5.74) is -2.13. The molecule has 0 fully saturated rings. The molecule has 1 rings (SSSR count). The molecule has 0 saturated heterocycles. The largest absolute Gasteiger partial charge is 0.494 e. The monoisotopic (exact) mass is 276 g/mol. The number of aryl methyl sites for hydroxylation is 2. The first-order valence-electron chi connectivity index (χ1n) is 6.21. The van der Waals surface area contributed by atoms with E-state index in [1.54, 1.807) is 20.8 Å². The Bertz CT molecular complexity index is 431. The smallest absolute Gasteiger partial charge is 0.421 e. The van der Waals surface area contributed by atoms with Gasteiger partial charge in [0, 0.05) is 0 Å². The molecule has 0 spiro atoms. The summed E-state index contributed by atoms with van der Waals surface area (Å²) in [5, 5.41) is 10.0. The third kappa shape index (κ3) is 2.86. The van der Waals surface area contributed by atoms with E-state index < -0.39 is 18.2 Å². The van der Waals surface area contributed by atoms with Crippen LogP contribution in [-0.4, -0.2) is 17.9 Å². The normalized spacial score (nSPS) is 15.2. The molecule has 1 N–H and O–H groups in total. The van der Waals surface area contributed by atoms with Crippen molar-refractivity contribution in [3.8, 4) is 5.75 Å². The number of hydrogen-bond acceptors (Lipinski definition) is 2. The average Bonchev–Trinajstić information content (AvgIpc) is 2.26. The molecular formula is C14H19F3O2. The first kappa shape index (κ1) is 15.8. The molecule has 0 aliphatic heterocycles. The predicted octanol–water partition coefficient (Wildman–Crippen LogP) is 3.86.